The summed E-state index contributed by atoms with van der Waals surface area (Å²) in [5.41, 5.74) is 7.74. The van der Waals surface area contributed by atoms with Crippen molar-refractivity contribution < 1.29 is 9.59 Å². The number of nitrogens with one attached hydrogen (secondary N) is 2. The first-order valence-electron chi connectivity index (χ1n) is 11.6. The molecule has 3 aromatic rings. The number of halogens is 1. The lowest BCUT2D eigenvalue weighted by atomic mass is 9.75. The minimum Gasteiger partial charge on any atom is -0.355 e. The summed E-state index contributed by atoms with van der Waals surface area (Å²) >= 11 is 3.41. The molecule has 35 heavy (non-hydrogen) atoms. The summed E-state index contributed by atoms with van der Waals surface area (Å²) in [5.74, 6) is -0.133. The lowest BCUT2D eigenvalue weighted by Crippen LogP contribution is -2.40. The van der Waals surface area contributed by atoms with Gasteiger partial charge < -0.3 is 16.4 Å². The molecule has 2 aliphatic carbocycles. The zero-order chi connectivity index (χ0) is 24.5. The molecule has 0 aliphatic heterocycles. The van der Waals surface area contributed by atoms with E-state index in [0.717, 1.165) is 16.5 Å². The summed E-state index contributed by atoms with van der Waals surface area (Å²) in [6.07, 6.45) is 11.5. The zero-order valence-electron chi connectivity index (χ0n) is 19.2. The molecule has 2 heterocycles. The van der Waals surface area contributed by atoms with Crippen molar-refractivity contribution in [2.75, 3.05) is 6.54 Å². The van der Waals surface area contributed by atoms with E-state index in [1.807, 2.05) is 35.1 Å². The number of nitrogens with two attached hydrogens (primary N) is 1. The highest BCUT2D eigenvalue weighted by molar-refractivity contribution is 9.10. The number of benzene rings is 1. The SMILES string of the molecule is NC(=O)NC(CC(=O)NCC1(Cn2cc(-c3cnccn3)nn2)CC12CCC2)c1ccc(Br)cc1. The molecule has 11 heteroatoms. The molecular weight excluding hydrogens is 512 g/mol. The van der Waals surface area contributed by atoms with E-state index in [2.05, 4.69) is 46.8 Å². The molecule has 3 amide bonds. The maximum atomic E-state index is 12.9. The van der Waals surface area contributed by atoms with Gasteiger partial charge in [0.15, 0.2) is 0 Å². The van der Waals surface area contributed by atoms with Crippen LogP contribution in [0.4, 0.5) is 4.79 Å². The van der Waals surface area contributed by atoms with Crippen LogP contribution in [-0.4, -0.2) is 43.4 Å². The number of hydrogen-bond acceptors (Lipinski definition) is 6. The second-order valence-corrected chi connectivity index (χ2v) is 10.5. The third kappa shape index (κ3) is 4.90. The van der Waals surface area contributed by atoms with Crippen molar-refractivity contribution >= 4 is 27.9 Å². The second-order valence-electron chi connectivity index (χ2n) is 9.58. The lowest BCUT2D eigenvalue weighted by molar-refractivity contribution is -0.122. The van der Waals surface area contributed by atoms with Gasteiger partial charge in [0.05, 0.1) is 31.4 Å². The van der Waals surface area contributed by atoms with Crippen LogP contribution in [0.15, 0.2) is 53.5 Å². The third-order valence-electron chi connectivity index (χ3n) is 7.42. The lowest BCUT2D eigenvalue weighted by Gasteiger charge is -2.33. The fraction of sp³-hybridized carbons (Fsp3) is 0.417. The van der Waals surface area contributed by atoms with Gasteiger partial charge in [0.1, 0.15) is 11.4 Å². The van der Waals surface area contributed by atoms with Crippen LogP contribution in [0.2, 0.25) is 0 Å². The van der Waals surface area contributed by atoms with Crippen LogP contribution in [0.3, 0.4) is 0 Å². The molecule has 2 unspecified atom stereocenters. The molecule has 4 N–H and O–H groups in total. The molecule has 10 nitrogen and oxygen atoms in total. The minimum atomic E-state index is -0.664. The third-order valence-corrected chi connectivity index (χ3v) is 7.95. The maximum Gasteiger partial charge on any atom is 0.312 e. The number of amides is 3. The Kier molecular flexibility index (Phi) is 6.26. The van der Waals surface area contributed by atoms with Gasteiger partial charge in [-0.2, -0.15) is 0 Å². The standard InChI is InChI=1S/C24H27BrN8O2/c25-17-4-2-16(3-5-17)18(30-22(26)35)10-21(34)29-14-24(13-23(24)6-1-7-23)15-33-12-20(31-32-33)19-11-27-8-9-28-19/h2-5,8-9,11-12,18H,1,6-7,10,13-15H2,(H,29,34)(H3,26,30,35). The number of nitrogens with zero attached hydrogens (tertiary/aromatic N) is 5. The first kappa shape index (κ1) is 23.4. The van der Waals surface area contributed by atoms with E-state index in [0.29, 0.717) is 24.5 Å². The number of hydrogen-bond donors (Lipinski definition) is 3. The van der Waals surface area contributed by atoms with Gasteiger partial charge in [0.2, 0.25) is 5.91 Å². The molecule has 2 aliphatic rings. The van der Waals surface area contributed by atoms with Gasteiger partial charge in [-0.05, 0) is 42.4 Å². The van der Waals surface area contributed by atoms with Gasteiger partial charge >= 0.3 is 6.03 Å². The van der Waals surface area contributed by atoms with Crippen LogP contribution < -0.4 is 16.4 Å². The first-order chi connectivity index (χ1) is 16.9. The molecule has 1 spiro atoms. The molecule has 2 fully saturated rings. The Hall–Kier alpha value is -3.34. The van der Waals surface area contributed by atoms with Crippen molar-refractivity contribution in [3.05, 3.63) is 59.1 Å². The van der Waals surface area contributed by atoms with Gasteiger partial charge in [-0.15, -0.1) is 5.10 Å². The van der Waals surface area contributed by atoms with Gasteiger partial charge in [-0.3, -0.25) is 19.4 Å². The van der Waals surface area contributed by atoms with Crippen LogP contribution in [0.1, 0.15) is 43.7 Å². The molecule has 2 aromatic heterocycles. The Morgan fingerprint density at radius 2 is 1.97 bits per heavy atom. The number of primary amides is 1. The molecule has 0 radical (unpaired) electrons. The molecule has 182 valence electrons. The van der Waals surface area contributed by atoms with Crippen LogP contribution in [-0.2, 0) is 11.3 Å². The fourth-order valence-electron chi connectivity index (χ4n) is 5.32. The van der Waals surface area contributed by atoms with Gasteiger partial charge in [0, 0.05) is 28.8 Å². The van der Waals surface area contributed by atoms with E-state index in [1.54, 1.807) is 18.6 Å². The first-order valence-corrected chi connectivity index (χ1v) is 12.4. The number of rotatable bonds is 9. The number of urea groups is 1. The van der Waals surface area contributed by atoms with E-state index >= 15 is 0 Å². The average Bonchev–Trinajstić information content (AvgIpc) is 3.27. The van der Waals surface area contributed by atoms with Crippen molar-refractivity contribution in [2.24, 2.45) is 16.6 Å². The summed E-state index contributed by atoms with van der Waals surface area (Å²) < 4.78 is 2.77. The van der Waals surface area contributed by atoms with Crippen LogP contribution in [0.5, 0.6) is 0 Å². The number of aromatic nitrogens is 5. The maximum absolute atomic E-state index is 12.9. The van der Waals surface area contributed by atoms with Gasteiger partial charge in [-0.25, -0.2) is 4.79 Å². The normalized spacial score (nSPS) is 20.6. The topological polar surface area (TPSA) is 141 Å². The molecule has 2 saturated carbocycles. The Balaban J connectivity index is 1.25. The van der Waals surface area contributed by atoms with Gasteiger partial charge in [-0.1, -0.05) is 39.7 Å². The fourth-order valence-corrected chi connectivity index (χ4v) is 5.59. The van der Waals surface area contributed by atoms with E-state index in [1.165, 1.54) is 19.3 Å². The predicted octanol–water partition coefficient (Wildman–Crippen LogP) is 2.97. The van der Waals surface area contributed by atoms with E-state index in [9.17, 15) is 9.59 Å². The molecule has 5 rings (SSSR count). The molecule has 2 atom stereocenters. The average molecular weight is 539 g/mol. The highest BCUT2D eigenvalue weighted by Gasteiger charge is 2.69. The zero-order valence-corrected chi connectivity index (χ0v) is 20.7. The smallest absolute Gasteiger partial charge is 0.312 e. The van der Waals surface area contributed by atoms with E-state index < -0.39 is 12.1 Å². The highest BCUT2D eigenvalue weighted by Crippen LogP contribution is 2.74. The number of carbonyl (C=O) groups excluding carboxylic acids is 2. The van der Waals surface area contributed by atoms with Crippen molar-refractivity contribution in [2.45, 2.75) is 44.7 Å². The van der Waals surface area contributed by atoms with E-state index in [-0.39, 0.29) is 23.2 Å². The summed E-state index contributed by atoms with van der Waals surface area (Å²) in [6.45, 7) is 1.23. The second kappa shape index (κ2) is 9.37. The Morgan fingerprint density at radius 3 is 2.60 bits per heavy atom. The summed E-state index contributed by atoms with van der Waals surface area (Å²) in [5, 5.41) is 14.4. The predicted molar refractivity (Wildman–Crippen MR) is 132 cm³/mol. The van der Waals surface area contributed by atoms with Crippen LogP contribution in [0.25, 0.3) is 11.4 Å². The van der Waals surface area contributed by atoms with Crippen LogP contribution >= 0.6 is 15.9 Å². The molecule has 1 aromatic carbocycles. The molecule has 0 bridgehead atoms. The Bertz CT molecular complexity index is 1210. The molecule has 0 saturated heterocycles. The van der Waals surface area contributed by atoms with Crippen LogP contribution in [0, 0.1) is 10.8 Å². The Labute approximate surface area is 211 Å². The van der Waals surface area contributed by atoms with Crippen molar-refractivity contribution in [1.29, 1.82) is 0 Å². The van der Waals surface area contributed by atoms with Crippen molar-refractivity contribution in [3.63, 3.8) is 0 Å². The monoisotopic (exact) mass is 538 g/mol. The number of carbonyl (C=O) groups is 2. The largest absolute Gasteiger partial charge is 0.355 e. The highest BCUT2D eigenvalue weighted by atomic mass is 79.9. The van der Waals surface area contributed by atoms with Gasteiger partial charge in [0.25, 0.3) is 0 Å². The quantitative estimate of drug-likeness (QED) is 0.382. The summed E-state index contributed by atoms with van der Waals surface area (Å²) in [4.78, 5) is 32.9. The minimum absolute atomic E-state index is 0.0571. The van der Waals surface area contributed by atoms with E-state index in [4.69, 9.17) is 5.73 Å². The summed E-state index contributed by atoms with van der Waals surface area (Å²) in [6, 6.07) is 6.30. The summed E-state index contributed by atoms with van der Waals surface area (Å²) in [7, 11) is 0. The Morgan fingerprint density at radius 1 is 1.17 bits per heavy atom. The van der Waals surface area contributed by atoms with Crippen molar-refractivity contribution in [1.82, 2.24) is 35.6 Å². The molecular formula is C24H27BrN8O2. The van der Waals surface area contributed by atoms with Crippen molar-refractivity contribution in [3.8, 4) is 11.4 Å².